The molecule has 1 aromatic heterocycles. The molecule has 1 heterocycles. The Balaban J connectivity index is 2.29. The van der Waals surface area contributed by atoms with E-state index in [2.05, 4.69) is 20.1 Å². The van der Waals surface area contributed by atoms with E-state index in [-0.39, 0.29) is 5.75 Å². The van der Waals surface area contributed by atoms with E-state index in [1.165, 1.54) is 11.3 Å². The van der Waals surface area contributed by atoms with Crippen molar-refractivity contribution < 1.29 is 5.11 Å². The van der Waals surface area contributed by atoms with Gasteiger partial charge in [-0.25, -0.2) is 4.98 Å². The predicted octanol–water partition coefficient (Wildman–Crippen LogP) is 4.11. The van der Waals surface area contributed by atoms with Crippen LogP contribution in [0.4, 0.5) is 16.5 Å². The molecule has 2 aromatic rings. The van der Waals surface area contributed by atoms with Gasteiger partial charge in [-0.05, 0) is 26.0 Å². The summed E-state index contributed by atoms with van der Waals surface area (Å²) in [5, 5.41) is 20.7. The predicted molar refractivity (Wildman–Crippen MR) is 78.0 cm³/mol. The first-order valence-electron chi connectivity index (χ1n) is 6.14. The van der Waals surface area contributed by atoms with Crippen LogP contribution in [0, 0.1) is 0 Å². The summed E-state index contributed by atoms with van der Waals surface area (Å²) in [7, 11) is 0. The topological polar surface area (TPSA) is 61.1 Å². The zero-order valence-corrected chi connectivity index (χ0v) is 11.8. The number of benzene rings is 1. The number of para-hydroxylation sites is 1. The van der Waals surface area contributed by atoms with E-state index in [1.807, 2.05) is 31.4 Å². The van der Waals surface area contributed by atoms with E-state index < -0.39 is 0 Å². The molecule has 0 radical (unpaired) electrons. The van der Waals surface area contributed by atoms with Crippen LogP contribution >= 0.6 is 11.3 Å². The van der Waals surface area contributed by atoms with Crippen LogP contribution in [-0.2, 0) is 0 Å². The van der Waals surface area contributed by atoms with Crippen LogP contribution in [0.25, 0.3) is 0 Å². The maximum absolute atomic E-state index is 10.2. The second-order valence-corrected chi connectivity index (χ2v) is 4.70. The number of aromatic nitrogens is 1. The highest BCUT2D eigenvalue weighted by atomic mass is 32.1. The summed E-state index contributed by atoms with van der Waals surface area (Å²) in [6.45, 7) is 5.76. The van der Waals surface area contributed by atoms with Gasteiger partial charge in [0.2, 0.25) is 5.13 Å². The third-order valence-electron chi connectivity index (χ3n) is 2.76. The highest BCUT2D eigenvalue weighted by molar-refractivity contribution is 7.13. The second kappa shape index (κ2) is 6.29. The minimum absolute atomic E-state index is 0.159. The van der Waals surface area contributed by atoms with Crippen LogP contribution in [0.15, 0.2) is 40.0 Å². The van der Waals surface area contributed by atoms with Crippen LogP contribution in [0.3, 0.4) is 0 Å². The van der Waals surface area contributed by atoms with Gasteiger partial charge < -0.3 is 10.0 Å². The molecule has 0 amide bonds. The van der Waals surface area contributed by atoms with Crippen LogP contribution in [0.2, 0.25) is 0 Å². The molecule has 0 saturated carbocycles. The smallest absolute Gasteiger partial charge is 0.229 e. The molecule has 100 valence electrons. The van der Waals surface area contributed by atoms with Crippen molar-refractivity contribution in [3.63, 3.8) is 0 Å². The number of aromatic hydroxyl groups is 1. The average Bonchev–Trinajstić information content (AvgIpc) is 2.94. The summed E-state index contributed by atoms with van der Waals surface area (Å²) in [4.78, 5) is 6.08. The van der Waals surface area contributed by atoms with Gasteiger partial charge in [-0.3, -0.25) is 0 Å². The van der Waals surface area contributed by atoms with Gasteiger partial charge in [-0.1, -0.05) is 6.07 Å². The highest BCUT2D eigenvalue weighted by Gasteiger charge is 2.11. The quantitative estimate of drug-likeness (QED) is 0.836. The maximum Gasteiger partial charge on any atom is 0.229 e. The molecule has 0 unspecified atom stereocenters. The number of hydrogen-bond donors (Lipinski definition) is 1. The molecule has 0 aliphatic rings. The molecule has 1 aromatic carbocycles. The van der Waals surface area contributed by atoms with Gasteiger partial charge in [0.1, 0.15) is 5.69 Å². The monoisotopic (exact) mass is 276 g/mol. The van der Waals surface area contributed by atoms with Gasteiger partial charge in [-0.2, -0.15) is 0 Å². The van der Waals surface area contributed by atoms with E-state index in [0.29, 0.717) is 10.8 Å². The molecule has 0 atom stereocenters. The normalized spacial score (nSPS) is 11.1. The van der Waals surface area contributed by atoms with Crippen molar-refractivity contribution in [1.82, 2.24) is 4.98 Å². The van der Waals surface area contributed by atoms with Crippen LogP contribution < -0.4 is 4.90 Å². The number of phenolic OH excluding ortho intramolecular Hbond substituents is 1. The largest absolute Gasteiger partial charge is 0.504 e. The second-order valence-electron chi connectivity index (χ2n) is 3.83. The Morgan fingerprint density at radius 2 is 2.05 bits per heavy atom. The van der Waals surface area contributed by atoms with Crippen LogP contribution in [0.5, 0.6) is 5.75 Å². The lowest BCUT2D eigenvalue weighted by atomic mass is 10.2. The fourth-order valence-corrected chi connectivity index (χ4v) is 2.23. The van der Waals surface area contributed by atoms with Gasteiger partial charge in [0.05, 0.1) is 5.69 Å². The fourth-order valence-electron chi connectivity index (χ4n) is 1.78. The number of azo groups is 1. The van der Waals surface area contributed by atoms with Crippen molar-refractivity contribution in [2.75, 3.05) is 18.0 Å². The third-order valence-corrected chi connectivity index (χ3v) is 3.42. The lowest BCUT2D eigenvalue weighted by Gasteiger charge is -2.22. The molecule has 0 aliphatic heterocycles. The summed E-state index contributed by atoms with van der Waals surface area (Å²) in [6.07, 6.45) is 1.67. The number of rotatable bonds is 5. The average molecular weight is 276 g/mol. The molecule has 0 aliphatic carbocycles. The minimum atomic E-state index is 0.159. The highest BCUT2D eigenvalue weighted by Crippen LogP contribution is 2.37. The van der Waals surface area contributed by atoms with E-state index in [9.17, 15) is 5.11 Å². The van der Waals surface area contributed by atoms with E-state index in [0.717, 1.165) is 18.8 Å². The van der Waals surface area contributed by atoms with Crippen molar-refractivity contribution in [2.45, 2.75) is 13.8 Å². The number of thiazole rings is 1. The number of phenols is 1. The Kier molecular flexibility index (Phi) is 4.46. The summed E-state index contributed by atoms with van der Waals surface area (Å²) in [5.41, 5.74) is 1.24. The van der Waals surface area contributed by atoms with E-state index >= 15 is 0 Å². The molecule has 1 N–H and O–H groups in total. The lowest BCUT2D eigenvalue weighted by Crippen LogP contribution is -2.21. The molecule has 19 heavy (non-hydrogen) atoms. The maximum atomic E-state index is 10.2. The first-order valence-corrected chi connectivity index (χ1v) is 7.02. The fraction of sp³-hybridized carbons (Fsp3) is 0.308. The molecular formula is C13H16N4OS. The van der Waals surface area contributed by atoms with Crippen LogP contribution in [-0.4, -0.2) is 23.2 Å². The van der Waals surface area contributed by atoms with Gasteiger partial charge in [-0.15, -0.1) is 21.6 Å². The Morgan fingerprint density at radius 3 is 2.68 bits per heavy atom. The summed E-state index contributed by atoms with van der Waals surface area (Å²) < 4.78 is 0. The summed E-state index contributed by atoms with van der Waals surface area (Å²) in [6, 6.07) is 5.48. The Hall–Kier alpha value is -1.95. The van der Waals surface area contributed by atoms with Crippen molar-refractivity contribution >= 4 is 27.8 Å². The van der Waals surface area contributed by atoms with E-state index in [4.69, 9.17) is 0 Å². The zero-order chi connectivity index (χ0) is 13.7. The number of anilines is 1. The molecule has 2 rings (SSSR count). The van der Waals surface area contributed by atoms with Crippen LogP contribution in [0.1, 0.15) is 13.8 Å². The van der Waals surface area contributed by atoms with Crippen molar-refractivity contribution in [3.05, 3.63) is 29.8 Å². The van der Waals surface area contributed by atoms with Gasteiger partial charge in [0.15, 0.2) is 5.75 Å². The molecular weight excluding hydrogens is 260 g/mol. The lowest BCUT2D eigenvalue weighted by molar-refractivity contribution is 0.475. The van der Waals surface area contributed by atoms with Crippen molar-refractivity contribution in [3.8, 4) is 5.75 Å². The summed E-state index contributed by atoms with van der Waals surface area (Å²) in [5.74, 6) is 0.159. The van der Waals surface area contributed by atoms with E-state index in [1.54, 1.807) is 12.3 Å². The SMILES string of the molecule is CCN(CC)c1cccc(N=Nc2nccs2)c1O. The summed E-state index contributed by atoms with van der Waals surface area (Å²) >= 11 is 1.40. The Morgan fingerprint density at radius 1 is 1.26 bits per heavy atom. The number of nitrogens with zero attached hydrogens (tertiary/aromatic N) is 4. The molecule has 6 heteroatoms. The number of hydrogen-bond acceptors (Lipinski definition) is 6. The van der Waals surface area contributed by atoms with Crippen molar-refractivity contribution in [1.29, 1.82) is 0 Å². The standard InChI is InChI=1S/C13H16N4OS/c1-3-17(4-2)11-7-5-6-10(12(11)18)15-16-13-14-8-9-19-13/h5-9,18H,3-4H2,1-2H3. The van der Waals surface area contributed by atoms with Gasteiger partial charge in [0, 0.05) is 24.7 Å². The first-order chi connectivity index (χ1) is 9.26. The Bertz CT molecular complexity index is 550. The first kappa shape index (κ1) is 13.5. The zero-order valence-electron chi connectivity index (χ0n) is 10.9. The molecule has 0 bridgehead atoms. The molecule has 5 nitrogen and oxygen atoms in total. The molecule has 0 fully saturated rings. The third kappa shape index (κ3) is 3.08. The van der Waals surface area contributed by atoms with Gasteiger partial charge in [0.25, 0.3) is 0 Å². The molecule has 0 spiro atoms. The molecule has 0 saturated heterocycles. The Labute approximate surface area is 116 Å². The minimum Gasteiger partial charge on any atom is -0.504 e. The van der Waals surface area contributed by atoms with Crippen molar-refractivity contribution in [2.24, 2.45) is 10.2 Å². The van der Waals surface area contributed by atoms with Gasteiger partial charge >= 0.3 is 0 Å².